The summed E-state index contributed by atoms with van der Waals surface area (Å²) in [5.41, 5.74) is 0.428. The highest BCUT2D eigenvalue weighted by Crippen LogP contribution is 2.17. The van der Waals surface area contributed by atoms with Crippen molar-refractivity contribution in [2.45, 2.75) is 58.5 Å². The van der Waals surface area contributed by atoms with Crippen molar-refractivity contribution in [3.63, 3.8) is 0 Å². The van der Waals surface area contributed by atoms with Crippen LogP contribution in [0.25, 0.3) is 0 Å². The van der Waals surface area contributed by atoms with Gasteiger partial charge in [0.1, 0.15) is 5.82 Å². The van der Waals surface area contributed by atoms with Gasteiger partial charge in [-0.2, -0.15) is 0 Å². The summed E-state index contributed by atoms with van der Waals surface area (Å²) in [6.45, 7) is 4.75. The molecule has 0 aliphatic carbocycles. The Hall–Kier alpha value is -1.49. The van der Waals surface area contributed by atoms with Crippen LogP contribution >= 0.6 is 0 Å². The standard InChI is InChI=1S/C15H23FN2O2/c1-3-5-7-14(6-4-2)17-11-12-8-13(16)10-15(9-12)18(19)20/h8-10,14,17H,3-7,11H2,1-2H3. The van der Waals surface area contributed by atoms with Crippen molar-refractivity contribution in [2.75, 3.05) is 0 Å². The van der Waals surface area contributed by atoms with Gasteiger partial charge in [-0.15, -0.1) is 0 Å². The van der Waals surface area contributed by atoms with E-state index in [0.29, 0.717) is 18.2 Å². The average molecular weight is 282 g/mol. The zero-order chi connectivity index (χ0) is 15.0. The lowest BCUT2D eigenvalue weighted by molar-refractivity contribution is -0.385. The van der Waals surface area contributed by atoms with Crippen molar-refractivity contribution >= 4 is 5.69 Å². The maximum Gasteiger partial charge on any atom is 0.272 e. The first-order valence-corrected chi connectivity index (χ1v) is 7.24. The summed E-state index contributed by atoms with van der Waals surface area (Å²) in [5.74, 6) is -0.559. The first kappa shape index (κ1) is 16.6. The maximum atomic E-state index is 13.3. The van der Waals surface area contributed by atoms with Gasteiger partial charge in [-0.1, -0.05) is 33.1 Å². The highest BCUT2D eigenvalue weighted by Gasteiger charge is 2.11. The number of hydrogen-bond acceptors (Lipinski definition) is 3. The summed E-state index contributed by atoms with van der Waals surface area (Å²) < 4.78 is 13.3. The Kier molecular flexibility index (Phi) is 7.15. The molecule has 0 bridgehead atoms. The third-order valence-electron chi connectivity index (χ3n) is 3.29. The van der Waals surface area contributed by atoms with Crippen LogP contribution in [0.5, 0.6) is 0 Å². The molecular weight excluding hydrogens is 259 g/mol. The van der Waals surface area contributed by atoms with E-state index < -0.39 is 10.7 Å². The number of unbranched alkanes of at least 4 members (excludes halogenated alkanes) is 1. The number of nitro groups is 1. The van der Waals surface area contributed by atoms with Gasteiger partial charge in [-0.05, 0) is 24.5 Å². The second-order valence-corrected chi connectivity index (χ2v) is 5.08. The predicted octanol–water partition coefficient (Wildman–Crippen LogP) is 4.18. The molecule has 0 saturated carbocycles. The van der Waals surface area contributed by atoms with E-state index in [0.717, 1.165) is 38.2 Å². The molecule has 0 amide bonds. The fraction of sp³-hybridized carbons (Fsp3) is 0.600. The molecular formula is C15H23FN2O2. The molecule has 0 spiro atoms. The summed E-state index contributed by atoms with van der Waals surface area (Å²) in [6, 6.07) is 4.12. The Bertz CT molecular complexity index is 438. The molecule has 0 aliphatic rings. The fourth-order valence-electron chi connectivity index (χ4n) is 2.25. The zero-order valence-electron chi connectivity index (χ0n) is 12.2. The lowest BCUT2D eigenvalue weighted by atomic mass is 10.0. The molecule has 0 aromatic heterocycles. The lowest BCUT2D eigenvalue weighted by Crippen LogP contribution is -2.28. The minimum atomic E-state index is -0.562. The van der Waals surface area contributed by atoms with Gasteiger partial charge in [-0.3, -0.25) is 10.1 Å². The van der Waals surface area contributed by atoms with Crippen LogP contribution < -0.4 is 5.32 Å². The van der Waals surface area contributed by atoms with Gasteiger partial charge in [0.2, 0.25) is 0 Å². The molecule has 1 N–H and O–H groups in total. The van der Waals surface area contributed by atoms with Gasteiger partial charge >= 0.3 is 0 Å². The third-order valence-corrected chi connectivity index (χ3v) is 3.29. The average Bonchev–Trinajstić information content (AvgIpc) is 2.41. The van der Waals surface area contributed by atoms with Crippen molar-refractivity contribution in [3.8, 4) is 0 Å². The van der Waals surface area contributed by atoms with Crippen molar-refractivity contribution in [2.24, 2.45) is 0 Å². The van der Waals surface area contributed by atoms with E-state index in [2.05, 4.69) is 19.2 Å². The molecule has 1 aromatic rings. The topological polar surface area (TPSA) is 55.2 Å². The normalized spacial score (nSPS) is 12.3. The molecule has 0 aliphatic heterocycles. The summed E-state index contributed by atoms with van der Waals surface area (Å²) in [7, 11) is 0. The second-order valence-electron chi connectivity index (χ2n) is 5.08. The molecule has 1 atom stereocenters. The molecule has 5 heteroatoms. The molecule has 20 heavy (non-hydrogen) atoms. The van der Waals surface area contributed by atoms with Crippen molar-refractivity contribution in [1.29, 1.82) is 0 Å². The number of halogens is 1. The van der Waals surface area contributed by atoms with Crippen molar-refractivity contribution in [1.82, 2.24) is 5.32 Å². The Balaban J connectivity index is 2.64. The van der Waals surface area contributed by atoms with E-state index in [9.17, 15) is 14.5 Å². The fourth-order valence-corrected chi connectivity index (χ4v) is 2.25. The van der Waals surface area contributed by atoms with Crippen LogP contribution in [0.1, 0.15) is 51.5 Å². The van der Waals surface area contributed by atoms with E-state index in [1.807, 2.05) is 0 Å². The van der Waals surface area contributed by atoms with E-state index >= 15 is 0 Å². The first-order valence-electron chi connectivity index (χ1n) is 7.24. The quantitative estimate of drug-likeness (QED) is 0.546. The van der Waals surface area contributed by atoms with Crippen LogP contribution in [0, 0.1) is 15.9 Å². The molecule has 1 unspecified atom stereocenters. The van der Waals surface area contributed by atoms with Crippen LogP contribution in [0.15, 0.2) is 18.2 Å². The number of nitro benzene ring substituents is 1. The predicted molar refractivity (Wildman–Crippen MR) is 78.1 cm³/mol. The number of nitrogens with one attached hydrogen (secondary N) is 1. The summed E-state index contributed by atoms with van der Waals surface area (Å²) in [5, 5.41) is 14.1. The minimum absolute atomic E-state index is 0.192. The van der Waals surface area contributed by atoms with Gasteiger partial charge in [0.05, 0.1) is 11.0 Å². The highest BCUT2D eigenvalue weighted by atomic mass is 19.1. The van der Waals surface area contributed by atoms with E-state index in [1.165, 1.54) is 12.1 Å². The van der Waals surface area contributed by atoms with Gasteiger partial charge < -0.3 is 5.32 Å². The molecule has 4 nitrogen and oxygen atoms in total. The second kappa shape index (κ2) is 8.64. The van der Waals surface area contributed by atoms with Gasteiger partial charge in [0, 0.05) is 18.7 Å². The van der Waals surface area contributed by atoms with Crippen molar-refractivity contribution < 1.29 is 9.31 Å². The van der Waals surface area contributed by atoms with Crippen LogP contribution in [0.4, 0.5) is 10.1 Å². The Morgan fingerprint density at radius 3 is 2.60 bits per heavy atom. The molecule has 0 heterocycles. The van der Waals surface area contributed by atoms with Crippen LogP contribution in [0.3, 0.4) is 0 Å². The van der Waals surface area contributed by atoms with Gasteiger partial charge in [0.25, 0.3) is 5.69 Å². The summed E-state index contributed by atoms with van der Waals surface area (Å²) >= 11 is 0. The number of rotatable bonds is 9. The third kappa shape index (κ3) is 5.65. The SMILES string of the molecule is CCCCC(CCC)NCc1cc(F)cc([N+](=O)[O-])c1. The molecule has 0 saturated heterocycles. The number of non-ortho nitro benzene ring substituents is 1. The zero-order valence-corrected chi connectivity index (χ0v) is 12.2. The molecule has 1 aromatic carbocycles. The van der Waals surface area contributed by atoms with E-state index in [4.69, 9.17) is 0 Å². The lowest BCUT2D eigenvalue weighted by Gasteiger charge is -2.17. The summed E-state index contributed by atoms with van der Waals surface area (Å²) in [6.07, 6.45) is 5.54. The maximum absolute atomic E-state index is 13.3. The molecule has 1 rings (SSSR count). The van der Waals surface area contributed by atoms with Crippen LogP contribution in [0.2, 0.25) is 0 Å². The Labute approximate surface area is 119 Å². The number of nitrogens with zero attached hydrogens (tertiary/aromatic N) is 1. The van der Waals surface area contributed by atoms with E-state index in [1.54, 1.807) is 0 Å². The van der Waals surface area contributed by atoms with E-state index in [-0.39, 0.29) is 5.69 Å². The minimum Gasteiger partial charge on any atom is -0.310 e. The Morgan fingerprint density at radius 1 is 1.25 bits per heavy atom. The monoisotopic (exact) mass is 282 g/mol. The van der Waals surface area contributed by atoms with Crippen LogP contribution in [-0.2, 0) is 6.54 Å². The summed E-state index contributed by atoms with van der Waals surface area (Å²) in [4.78, 5) is 10.1. The highest BCUT2D eigenvalue weighted by molar-refractivity contribution is 5.35. The first-order chi connectivity index (χ1) is 9.56. The van der Waals surface area contributed by atoms with Gasteiger partial charge in [0.15, 0.2) is 0 Å². The molecule has 0 fully saturated rings. The van der Waals surface area contributed by atoms with Gasteiger partial charge in [-0.25, -0.2) is 4.39 Å². The largest absolute Gasteiger partial charge is 0.310 e. The molecule has 0 radical (unpaired) electrons. The van der Waals surface area contributed by atoms with Crippen LogP contribution in [-0.4, -0.2) is 11.0 Å². The van der Waals surface area contributed by atoms with Crippen molar-refractivity contribution in [3.05, 3.63) is 39.7 Å². The number of benzene rings is 1. The molecule has 112 valence electrons. The smallest absolute Gasteiger partial charge is 0.272 e. The Morgan fingerprint density at radius 2 is 2.00 bits per heavy atom. The number of hydrogen-bond donors (Lipinski definition) is 1.